The fourth-order valence-electron chi connectivity index (χ4n) is 1.46. The van der Waals surface area contributed by atoms with Crippen LogP contribution in [0.2, 0.25) is 0 Å². The normalized spacial score (nSPS) is 12.7. The van der Waals surface area contributed by atoms with E-state index in [2.05, 4.69) is 45.2 Å². The molecule has 0 amide bonds. The van der Waals surface area contributed by atoms with Gasteiger partial charge in [-0.3, -0.25) is 5.10 Å². The van der Waals surface area contributed by atoms with Gasteiger partial charge in [-0.25, -0.2) is 0 Å². The number of rotatable bonds is 2. The molecule has 0 aliphatic rings. The molecule has 1 aromatic carbocycles. The molecule has 1 unspecified atom stereocenters. The predicted octanol–water partition coefficient (Wildman–Crippen LogP) is 3.32. The Bertz CT molecular complexity index is 409. The third-order valence-corrected chi connectivity index (χ3v) is 2.83. The maximum absolute atomic E-state index is 3.95. The van der Waals surface area contributed by atoms with Gasteiger partial charge in [0.15, 0.2) is 0 Å². The Morgan fingerprint density at radius 1 is 1.36 bits per heavy atom. The topological polar surface area (TPSA) is 28.7 Å². The fraction of sp³-hybridized carbons (Fsp3) is 0.182. The molecule has 3 heteroatoms. The van der Waals surface area contributed by atoms with Gasteiger partial charge in [-0.05, 0) is 23.8 Å². The third-order valence-electron chi connectivity index (χ3n) is 2.34. The minimum atomic E-state index is 0.356. The molecule has 2 rings (SSSR count). The maximum Gasteiger partial charge on any atom is 0.0490 e. The summed E-state index contributed by atoms with van der Waals surface area (Å²) in [5.74, 6) is 0.356. The molecule has 1 aromatic heterocycles. The van der Waals surface area contributed by atoms with E-state index in [0.29, 0.717) is 5.92 Å². The van der Waals surface area contributed by atoms with Crippen molar-refractivity contribution in [1.82, 2.24) is 10.2 Å². The summed E-state index contributed by atoms with van der Waals surface area (Å²) < 4.78 is 1.11. The SMILES string of the molecule is CC(c1cccc(Br)c1)c1ccn[nH]1. The van der Waals surface area contributed by atoms with Crippen LogP contribution in [0.25, 0.3) is 0 Å². The summed E-state index contributed by atoms with van der Waals surface area (Å²) in [6, 6.07) is 10.3. The van der Waals surface area contributed by atoms with Crippen LogP contribution in [0.1, 0.15) is 24.1 Å². The van der Waals surface area contributed by atoms with Gasteiger partial charge in [0.2, 0.25) is 0 Å². The molecule has 0 aliphatic carbocycles. The van der Waals surface area contributed by atoms with Crippen LogP contribution < -0.4 is 0 Å². The van der Waals surface area contributed by atoms with Crippen LogP contribution in [0.3, 0.4) is 0 Å². The number of nitrogens with one attached hydrogen (secondary N) is 1. The molecule has 0 bridgehead atoms. The molecule has 0 radical (unpaired) electrons. The quantitative estimate of drug-likeness (QED) is 0.871. The summed E-state index contributed by atoms with van der Waals surface area (Å²) in [5, 5.41) is 6.94. The predicted molar refractivity (Wildman–Crippen MR) is 60.2 cm³/mol. The largest absolute Gasteiger partial charge is 0.282 e. The molecular weight excluding hydrogens is 240 g/mol. The number of hydrogen-bond donors (Lipinski definition) is 1. The smallest absolute Gasteiger partial charge is 0.0490 e. The Balaban J connectivity index is 2.32. The zero-order valence-corrected chi connectivity index (χ0v) is 9.45. The monoisotopic (exact) mass is 250 g/mol. The van der Waals surface area contributed by atoms with E-state index in [-0.39, 0.29) is 0 Å². The van der Waals surface area contributed by atoms with Crippen LogP contribution in [0, 0.1) is 0 Å². The van der Waals surface area contributed by atoms with E-state index in [9.17, 15) is 0 Å². The highest BCUT2D eigenvalue weighted by molar-refractivity contribution is 9.10. The Hall–Kier alpha value is -1.09. The molecule has 0 saturated heterocycles. The van der Waals surface area contributed by atoms with Crippen molar-refractivity contribution < 1.29 is 0 Å². The zero-order chi connectivity index (χ0) is 9.97. The van der Waals surface area contributed by atoms with E-state index in [0.717, 1.165) is 10.2 Å². The van der Waals surface area contributed by atoms with Crippen molar-refractivity contribution in [3.63, 3.8) is 0 Å². The molecule has 0 fully saturated rings. The summed E-state index contributed by atoms with van der Waals surface area (Å²) in [4.78, 5) is 0. The number of aromatic nitrogens is 2. The average molecular weight is 251 g/mol. The van der Waals surface area contributed by atoms with Gasteiger partial charge >= 0.3 is 0 Å². The van der Waals surface area contributed by atoms with Crippen LogP contribution in [0.4, 0.5) is 0 Å². The van der Waals surface area contributed by atoms with E-state index in [1.807, 2.05) is 18.2 Å². The number of H-pyrrole nitrogens is 1. The number of hydrogen-bond acceptors (Lipinski definition) is 1. The second kappa shape index (κ2) is 3.96. The number of benzene rings is 1. The van der Waals surface area contributed by atoms with Crippen LogP contribution in [-0.4, -0.2) is 10.2 Å². The Morgan fingerprint density at radius 2 is 2.21 bits per heavy atom. The average Bonchev–Trinajstić information content (AvgIpc) is 2.69. The fourth-order valence-corrected chi connectivity index (χ4v) is 1.88. The minimum absolute atomic E-state index is 0.356. The summed E-state index contributed by atoms with van der Waals surface area (Å²) in [5.41, 5.74) is 2.42. The first-order valence-electron chi connectivity index (χ1n) is 4.52. The molecule has 1 heterocycles. The van der Waals surface area contributed by atoms with Gasteiger partial charge in [-0.15, -0.1) is 0 Å². The summed E-state index contributed by atoms with van der Waals surface area (Å²) in [7, 11) is 0. The standard InChI is InChI=1S/C11H11BrN2/c1-8(11-5-6-13-14-11)9-3-2-4-10(12)7-9/h2-8H,1H3,(H,13,14). The van der Waals surface area contributed by atoms with Gasteiger partial charge in [-0.2, -0.15) is 5.10 Å². The van der Waals surface area contributed by atoms with Crippen molar-refractivity contribution in [1.29, 1.82) is 0 Å². The van der Waals surface area contributed by atoms with Gasteiger partial charge in [-0.1, -0.05) is 35.0 Å². The lowest BCUT2D eigenvalue weighted by Gasteiger charge is -2.09. The third kappa shape index (κ3) is 1.87. The Labute approximate surface area is 91.5 Å². The molecule has 1 atom stereocenters. The molecule has 2 nitrogen and oxygen atoms in total. The molecule has 0 spiro atoms. The maximum atomic E-state index is 3.95. The van der Waals surface area contributed by atoms with Gasteiger partial charge in [0, 0.05) is 22.3 Å². The van der Waals surface area contributed by atoms with Crippen LogP contribution in [0.15, 0.2) is 41.0 Å². The molecule has 14 heavy (non-hydrogen) atoms. The van der Waals surface area contributed by atoms with Gasteiger partial charge in [0.05, 0.1) is 0 Å². The van der Waals surface area contributed by atoms with E-state index in [1.54, 1.807) is 6.20 Å². The van der Waals surface area contributed by atoms with E-state index < -0.39 is 0 Å². The van der Waals surface area contributed by atoms with Crippen LogP contribution >= 0.6 is 15.9 Å². The zero-order valence-electron chi connectivity index (χ0n) is 7.87. The minimum Gasteiger partial charge on any atom is -0.282 e. The lowest BCUT2D eigenvalue weighted by atomic mass is 9.98. The molecular formula is C11H11BrN2. The first-order valence-corrected chi connectivity index (χ1v) is 5.31. The van der Waals surface area contributed by atoms with Crippen molar-refractivity contribution in [2.75, 3.05) is 0 Å². The highest BCUT2D eigenvalue weighted by atomic mass is 79.9. The van der Waals surface area contributed by atoms with Crippen molar-refractivity contribution >= 4 is 15.9 Å². The van der Waals surface area contributed by atoms with Crippen LogP contribution in [-0.2, 0) is 0 Å². The first kappa shape index (κ1) is 9.46. The molecule has 1 N–H and O–H groups in total. The number of nitrogens with zero attached hydrogens (tertiary/aromatic N) is 1. The molecule has 72 valence electrons. The number of aromatic amines is 1. The summed E-state index contributed by atoms with van der Waals surface area (Å²) in [6.07, 6.45) is 1.78. The van der Waals surface area contributed by atoms with E-state index in [1.165, 1.54) is 5.56 Å². The van der Waals surface area contributed by atoms with Crippen molar-refractivity contribution in [3.05, 3.63) is 52.3 Å². The van der Waals surface area contributed by atoms with Crippen molar-refractivity contribution in [2.24, 2.45) is 0 Å². The van der Waals surface area contributed by atoms with E-state index >= 15 is 0 Å². The lowest BCUT2D eigenvalue weighted by Crippen LogP contribution is -1.96. The second-order valence-electron chi connectivity index (χ2n) is 3.29. The molecule has 2 aromatic rings. The highest BCUT2D eigenvalue weighted by Gasteiger charge is 2.09. The van der Waals surface area contributed by atoms with Gasteiger partial charge in [0.25, 0.3) is 0 Å². The van der Waals surface area contributed by atoms with Crippen molar-refractivity contribution in [2.45, 2.75) is 12.8 Å². The van der Waals surface area contributed by atoms with Gasteiger partial charge < -0.3 is 0 Å². The van der Waals surface area contributed by atoms with Crippen LogP contribution in [0.5, 0.6) is 0 Å². The number of halogens is 1. The molecule has 0 aliphatic heterocycles. The van der Waals surface area contributed by atoms with Crippen molar-refractivity contribution in [3.8, 4) is 0 Å². The lowest BCUT2D eigenvalue weighted by molar-refractivity contribution is 0.853. The summed E-state index contributed by atoms with van der Waals surface area (Å²) >= 11 is 3.47. The highest BCUT2D eigenvalue weighted by Crippen LogP contribution is 2.24. The Morgan fingerprint density at radius 3 is 2.86 bits per heavy atom. The Kier molecular flexibility index (Phi) is 2.68. The van der Waals surface area contributed by atoms with Gasteiger partial charge in [0.1, 0.15) is 0 Å². The molecule has 0 saturated carbocycles. The first-order chi connectivity index (χ1) is 6.77. The van der Waals surface area contributed by atoms with E-state index in [4.69, 9.17) is 0 Å². The summed E-state index contributed by atoms with van der Waals surface area (Å²) in [6.45, 7) is 2.16. The second-order valence-corrected chi connectivity index (χ2v) is 4.20.